The molecule has 0 fully saturated rings. The number of hydrogen-bond donors (Lipinski definition) is 0. The molecular weight excluding hydrogens is 667 g/mol. The van der Waals surface area contributed by atoms with Crippen LogP contribution in [0.1, 0.15) is 25.0 Å². The van der Waals surface area contributed by atoms with Crippen molar-refractivity contribution in [3.05, 3.63) is 175 Å². The fourth-order valence-corrected chi connectivity index (χ4v) is 11.1. The Bertz CT molecular complexity index is 3050. The molecule has 246 valence electrons. The van der Waals surface area contributed by atoms with E-state index in [0.717, 1.165) is 11.4 Å². The third-order valence-electron chi connectivity index (χ3n) is 11.3. The Labute approximate surface area is 310 Å². The molecule has 0 radical (unpaired) electrons. The normalized spacial score (nSPS) is 13.3. The zero-order chi connectivity index (χ0) is 34.6. The van der Waals surface area contributed by atoms with E-state index in [1.165, 1.54) is 90.2 Å². The average molecular weight is 700 g/mol. The molecular formula is C49H33NS2. The van der Waals surface area contributed by atoms with Crippen LogP contribution in [0.2, 0.25) is 0 Å². The highest BCUT2D eigenvalue weighted by molar-refractivity contribution is 7.27. The molecule has 2 heterocycles. The van der Waals surface area contributed by atoms with Crippen LogP contribution in [0.4, 0.5) is 17.1 Å². The van der Waals surface area contributed by atoms with Gasteiger partial charge in [0.25, 0.3) is 0 Å². The number of rotatable bonds is 4. The molecule has 0 aliphatic heterocycles. The molecule has 10 aromatic rings. The summed E-state index contributed by atoms with van der Waals surface area (Å²) in [6.45, 7) is 4.73. The number of fused-ring (bicyclic) bond motifs is 11. The minimum atomic E-state index is -0.0850. The van der Waals surface area contributed by atoms with Crippen molar-refractivity contribution >= 4 is 90.9 Å². The number of anilines is 3. The van der Waals surface area contributed by atoms with Crippen LogP contribution in [0.25, 0.3) is 73.4 Å². The lowest BCUT2D eigenvalue weighted by Crippen LogP contribution is -2.16. The Morgan fingerprint density at radius 1 is 0.462 bits per heavy atom. The fourth-order valence-electron chi connectivity index (χ4n) is 8.79. The van der Waals surface area contributed by atoms with E-state index >= 15 is 0 Å². The number of hydrogen-bond acceptors (Lipinski definition) is 3. The molecule has 0 saturated heterocycles. The Hall–Kier alpha value is -5.74. The second-order valence-corrected chi connectivity index (χ2v) is 16.6. The van der Waals surface area contributed by atoms with Gasteiger partial charge < -0.3 is 4.90 Å². The molecule has 0 atom stereocenters. The molecule has 8 aromatic carbocycles. The highest BCUT2D eigenvalue weighted by Crippen LogP contribution is 2.54. The van der Waals surface area contributed by atoms with Crippen molar-refractivity contribution in [1.82, 2.24) is 0 Å². The topological polar surface area (TPSA) is 3.24 Å². The van der Waals surface area contributed by atoms with Crippen LogP contribution in [-0.4, -0.2) is 0 Å². The van der Waals surface area contributed by atoms with E-state index in [2.05, 4.69) is 183 Å². The molecule has 1 nitrogen and oxygen atoms in total. The average Bonchev–Trinajstić information content (AvgIpc) is 3.83. The molecule has 0 N–H and O–H groups in total. The van der Waals surface area contributed by atoms with Crippen molar-refractivity contribution in [3.8, 4) is 22.3 Å². The van der Waals surface area contributed by atoms with Crippen LogP contribution in [-0.2, 0) is 5.41 Å². The summed E-state index contributed by atoms with van der Waals surface area (Å²) in [6, 6.07) is 61.0. The Morgan fingerprint density at radius 2 is 1.15 bits per heavy atom. The lowest BCUT2D eigenvalue weighted by molar-refractivity contribution is 0.660. The Balaban J connectivity index is 1.12. The highest BCUT2D eigenvalue weighted by atomic mass is 32.1. The first kappa shape index (κ1) is 29.9. The third kappa shape index (κ3) is 4.27. The first-order chi connectivity index (χ1) is 25.5. The van der Waals surface area contributed by atoms with Gasteiger partial charge >= 0.3 is 0 Å². The number of nitrogens with zero attached hydrogens (tertiary/aromatic N) is 1. The van der Waals surface area contributed by atoms with E-state index in [4.69, 9.17) is 0 Å². The van der Waals surface area contributed by atoms with Crippen LogP contribution in [0.15, 0.2) is 164 Å². The van der Waals surface area contributed by atoms with Gasteiger partial charge in [0.1, 0.15) is 0 Å². The van der Waals surface area contributed by atoms with Gasteiger partial charge in [0.15, 0.2) is 0 Å². The summed E-state index contributed by atoms with van der Waals surface area (Å²) in [5, 5.41) is 7.91. The Kier molecular flexibility index (Phi) is 6.41. The van der Waals surface area contributed by atoms with Crippen LogP contribution in [0.3, 0.4) is 0 Å². The molecule has 0 unspecified atom stereocenters. The molecule has 2 aromatic heterocycles. The van der Waals surface area contributed by atoms with Gasteiger partial charge in [-0.05, 0) is 87.1 Å². The van der Waals surface area contributed by atoms with E-state index in [1.54, 1.807) is 0 Å². The van der Waals surface area contributed by atoms with Gasteiger partial charge in [-0.2, -0.15) is 0 Å². The van der Waals surface area contributed by atoms with Gasteiger partial charge in [0.05, 0.1) is 5.69 Å². The largest absolute Gasteiger partial charge is 0.310 e. The molecule has 0 saturated carbocycles. The van der Waals surface area contributed by atoms with Gasteiger partial charge in [-0.25, -0.2) is 0 Å². The minimum Gasteiger partial charge on any atom is -0.310 e. The van der Waals surface area contributed by atoms with Crippen molar-refractivity contribution in [1.29, 1.82) is 0 Å². The summed E-state index contributed by atoms with van der Waals surface area (Å²) in [5.74, 6) is 0. The lowest BCUT2D eigenvalue weighted by Gasteiger charge is -2.29. The first-order valence-corrected chi connectivity index (χ1v) is 19.6. The van der Waals surface area contributed by atoms with E-state index in [0.29, 0.717) is 0 Å². The second-order valence-electron chi connectivity index (χ2n) is 14.5. The lowest BCUT2D eigenvalue weighted by atomic mass is 9.82. The number of benzene rings is 8. The first-order valence-electron chi connectivity index (χ1n) is 17.9. The van der Waals surface area contributed by atoms with Gasteiger partial charge in [-0.3, -0.25) is 0 Å². The molecule has 1 aliphatic rings. The second kappa shape index (κ2) is 11.1. The maximum Gasteiger partial charge on any atom is 0.0543 e. The van der Waals surface area contributed by atoms with Gasteiger partial charge in [0.2, 0.25) is 0 Å². The van der Waals surface area contributed by atoms with Crippen molar-refractivity contribution < 1.29 is 0 Å². The van der Waals surface area contributed by atoms with E-state index in [-0.39, 0.29) is 5.41 Å². The van der Waals surface area contributed by atoms with Gasteiger partial charge in [-0.15, -0.1) is 22.7 Å². The van der Waals surface area contributed by atoms with Crippen molar-refractivity contribution in [2.24, 2.45) is 0 Å². The van der Waals surface area contributed by atoms with Crippen molar-refractivity contribution in [2.45, 2.75) is 19.3 Å². The quantitative estimate of drug-likeness (QED) is 0.177. The van der Waals surface area contributed by atoms with Crippen molar-refractivity contribution in [2.75, 3.05) is 4.90 Å². The zero-order valence-corrected chi connectivity index (χ0v) is 30.5. The predicted octanol–water partition coefficient (Wildman–Crippen LogP) is 15.0. The summed E-state index contributed by atoms with van der Waals surface area (Å²) in [5.41, 5.74) is 11.3. The molecule has 52 heavy (non-hydrogen) atoms. The third-order valence-corrected chi connectivity index (χ3v) is 13.6. The van der Waals surface area contributed by atoms with Gasteiger partial charge in [-0.1, -0.05) is 129 Å². The van der Waals surface area contributed by atoms with Gasteiger partial charge in [0, 0.05) is 62.7 Å². The summed E-state index contributed by atoms with van der Waals surface area (Å²) in [4.78, 5) is 2.49. The Morgan fingerprint density at radius 3 is 2.06 bits per heavy atom. The standard InChI is InChI=1S/C49H33NS2/c1-49(2)40-16-7-5-14-37(40)47-41(49)17-10-18-42(47)50(33-26-28-44-39(29-33)36-13-6-8-19-43(36)51-44)32-24-21-31(22-25-32)34-15-9-20-45-46(34)38-27-23-30-11-3-4-12-35(30)48(38)52-45/h3-29H,1-2H3. The smallest absolute Gasteiger partial charge is 0.0543 e. The van der Waals surface area contributed by atoms with E-state index in [9.17, 15) is 0 Å². The SMILES string of the molecule is CC1(C)c2ccccc2-c2c(N(c3ccc(-c4cccc5sc6c7ccccc7ccc6c45)cc3)c3ccc4sc5ccccc5c4c3)cccc21. The van der Waals surface area contributed by atoms with Crippen LogP contribution in [0.5, 0.6) is 0 Å². The summed E-state index contributed by atoms with van der Waals surface area (Å²) < 4.78 is 5.33. The fraction of sp³-hybridized carbons (Fsp3) is 0.0612. The summed E-state index contributed by atoms with van der Waals surface area (Å²) in [7, 11) is 0. The van der Waals surface area contributed by atoms with E-state index in [1.807, 2.05) is 22.7 Å². The summed E-state index contributed by atoms with van der Waals surface area (Å²) in [6.07, 6.45) is 0. The molecule has 11 rings (SSSR count). The molecule has 1 aliphatic carbocycles. The highest BCUT2D eigenvalue weighted by Gasteiger charge is 2.37. The molecule has 0 spiro atoms. The predicted molar refractivity (Wildman–Crippen MR) is 227 cm³/mol. The van der Waals surface area contributed by atoms with E-state index < -0.39 is 0 Å². The monoisotopic (exact) mass is 699 g/mol. The zero-order valence-electron chi connectivity index (χ0n) is 28.9. The van der Waals surface area contributed by atoms with Crippen LogP contribution in [0, 0.1) is 0 Å². The maximum atomic E-state index is 2.49. The minimum absolute atomic E-state index is 0.0850. The molecule has 0 bridgehead atoms. The molecule has 3 heteroatoms. The maximum absolute atomic E-state index is 2.49. The van der Waals surface area contributed by atoms with Crippen LogP contribution < -0.4 is 4.90 Å². The van der Waals surface area contributed by atoms with Crippen LogP contribution >= 0.6 is 22.7 Å². The van der Waals surface area contributed by atoms with Crippen molar-refractivity contribution in [3.63, 3.8) is 0 Å². The molecule has 0 amide bonds. The number of thiophene rings is 2. The summed E-state index contributed by atoms with van der Waals surface area (Å²) >= 11 is 3.77.